The van der Waals surface area contributed by atoms with Crippen LogP contribution in [0, 0.1) is 0 Å². The van der Waals surface area contributed by atoms with E-state index in [1.807, 2.05) is 24.1 Å². The Morgan fingerprint density at radius 1 is 1.41 bits per heavy atom. The van der Waals surface area contributed by atoms with Gasteiger partial charge in [0.2, 0.25) is 0 Å². The molecule has 122 valence electrons. The van der Waals surface area contributed by atoms with Crippen molar-refractivity contribution in [2.75, 3.05) is 25.6 Å². The molecule has 1 aliphatic carbocycles. The fourth-order valence-corrected chi connectivity index (χ4v) is 2.92. The maximum absolute atomic E-state index is 10.7. The summed E-state index contributed by atoms with van der Waals surface area (Å²) in [6, 6.07) is 6.77. The number of rotatable bonds is 8. The lowest BCUT2D eigenvalue weighted by atomic mass is 10.1. The zero-order chi connectivity index (χ0) is 15.9. The van der Waals surface area contributed by atoms with Crippen molar-refractivity contribution in [3.05, 3.63) is 23.8 Å². The number of hydrogen-bond acceptors (Lipinski definition) is 4. The summed E-state index contributed by atoms with van der Waals surface area (Å²) in [5, 5.41) is 12.4. The van der Waals surface area contributed by atoms with E-state index in [0.717, 1.165) is 18.0 Å². The van der Waals surface area contributed by atoms with Crippen LogP contribution in [-0.2, 0) is 11.3 Å². The van der Waals surface area contributed by atoms with Crippen LogP contribution in [-0.4, -0.2) is 37.8 Å². The van der Waals surface area contributed by atoms with Gasteiger partial charge in [-0.3, -0.25) is 4.79 Å². The standard InChI is InChI=1S/C17H26N2O3/c1-19(10-9-17(20)21)15-8-7-13(11-16(15)22-2)12-18-14-5-3-4-6-14/h7-8,11,14,18H,3-6,9-10,12H2,1-2H3,(H,20,21). The van der Waals surface area contributed by atoms with Crippen LogP contribution in [0.1, 0.15) is 37.7 Å². The number of hydrogen-bond donors (Lipinski definition) is 2. The van der Waals surface area contributed by atoms with Crippen molar-refractivity contribution < 1.29 is 14.6 Å². The first-order valence-electron chi connectivity index (χ1n) is 7.93. The van der Waals surface area contributed by atoms with Crippen molar-refractivity contribution in [3.63, 3.8) is 0 Å². The molecular weight excluding hydrogens is 280 g/mol. The van der Waals surface area contributed by atoms with Gasteiger partial charge in [0, 0.05) is 26.2 Å². The van der Waals surface area contributed by atoms with Gasteiger partial charge in [-0.1, -0.05) is 18.9 Å². The third-order valence-electron chi connectivity index (χ3n) is 4.27. The Labute approximate surface area is 132 Å². The molecule has 0 heterocycles. The fourth-order valence-electron chi connectivity index (χ4n) is 2.92. The second-order valence-corrected chi connectivity index (χ2v) is 5.93. The second kappa shape index (κ2) is 8.03. The van der Waals surface area contributed by atoms with Gasteiger partial charge in [-0.2, -0.15) is 0 Å². The van der Waals surface area contributed by atoms with Crippen molar-refractivity contribution in [1.82, 2.24) is 5.32 Å². The molecule has 0 saturated heterocycles. The minimum absolute atomic E-state index is 0.116. The first kappa shape index (κ1) is 16.6. The van der Waals surface area contributed by atoms with E-state index >= 15 is 0 Å². The zero-order valence-corrected chi connectivity index (χ0v) is 13.5. The highest BCUT2D eigenvalue weighted by Gasteiger charge is 2.15. The number of ether oxygens (including phenoxy) is 1. The van der Waals surface area contributed by atoms with E-state index < -0.39 is 5.97 Å². The average molecular weight is 306 g/mol. The van der Waals surface area contributed by atoms with Gasteiger partial charge >= 0.3 is 5.97 Å². The molecule has 2 N–H and O–H groups in total. The lowest BCUT2D eigenvalue weighted by Gasteiger charge is -2.22. The molecule has 0 radical (unpaired) electrons. The summed E-state index contributed by atoms with van der Waals surface area (Å²) in [5.74, 6) is 0.00168. The minimum atomic E-state index is -0.789. The van der Waals surface area contributed by atoms with Crippen molar-refractivity contribution >= 4 is 11.7 Å². The van der Waals surface area contributed by atoms with E-state index in [1.165, 1.54) is 31.2 Å². The molecule has 2 rings (SSSR count). The summed E-state index contributed by atoms with van der Waals surface area (Å²) in [6.07, 6.45) is 5.31. The summed E-state index contributed by atoms with van der Waals surface area (Å²) in [4.78, 5) is 12.6. The van der Waals surface area contributed by atoms with Crippen LogP contribution in [0.15, 0.2) is 18.2 Å². The van der Waals surface area contributed by atoms with Crippen LogP contribution >= 0.6 is 0 Å². The van der Waals surface area contributed by atoms with Crippen molar-refractivity contribution in [3.8, 4) is 5.75 Å². The number of nitrogens with zero attached hydrogens (tertiary/aromatic N) is 1. The highest BCUT2D eigenvalue weighted by atomic mass is 16.5. The summed E-state index contributed by atoms with van der Waals surface area (Å²) < 4.78 is 5.47. The van der Waals surface area contributed by atoms with Gasteiger partial charge in [0.15, 0.2) is 0 Å². The van der Waals surface area contributed by atoms with E-state index in [0.29, 0.717) is 12.6 Å². The lowest BCUT2D eigenvalue weighted by molar-refractivity contribution is -0.136. The Hall–Kier alpha value is -1.75. The quantitative estimate of drug-likeness (QED) is 0.773. The number of carboxylic acid groups (broad SMARTS) is 1. The summed E-state index contributed by atoms with van der Waals surface area (Å²) in [6.45, 7) is 1.31. The largest absolute Gasteiger partial charge is 0.495 e. The number of nitrogens with one attached hydrogen (secondary N) is 1. The van der Waals surface area contributed by atoms with E-state index in [9.17, 15) is 4.79 Å². The molecule has 0 spiro atoms. The maximum atomic E-state index is 10.7. The first-order chi connectivity index (χ1) is 10.6. The third-order valence-corrected chi connectivity index (χ3v) is 4.27. The molecule has 5 heteroatoms. The van der Waals surface area contributed by atoms with Gasteiger partial charge in [-0.25, -0.2) is 0 Å². The topological polar surface area (TPSA) is 61.8 Å². The lowest BCUT2D eigenvalue weighted by Crippen LogP contribution is -2.25. The number of carboxylic acids is 1. The molecule has 0 atom stereocenters. The van der Waals surface area contributed by atoms with Gasteiger partial charge in [0.25, 0.3) is 0 Å². The number of benzene rings is 1. The normalized spacial score (nSPS) is 15.0. The molecule has 1 aromatic carbocycles. The Bertz CT molecular complexity index is 499. The smallest absolute Gasteiger partial charge is 0.305 e. The molecule has 1 aliphatic rings. The third kappa shape index (κ3) is 4.63. The van der Waals surface area contributed by atoms with Crippen LogP contribution in [0.3, 0.4) is 0 Å². The Balaban J connectivity index is 1.98. The molecule has 1 aromatic rings. The predicted octanol–water partition coefficient (Wildman–Crippen LogP) is 2.64. The molecule has 0 bridgehead atoms. The number of carbonyl (C=O) groups is 1. The molecule has 0 aliphatic heterocycles. The Morgan fingerprint density at radius 3 is 2.77 bits per heavy atom. The van der Waals surface area contributed by atoms with E-state index in [4.69, 9.17) is 9.84 Å². The van der Waals surface area contributed by atoms with Gasteiger partial charge in [-0.15, -0.1) is 0 Å². The molecule has 22 heavy (non-hydrogen) atoms. The highest BCUT2D eigenvalue weighted by molar-refractivity contribution is 5.68. The number of methoxy groups -OCH3 is 1. The Kier molecular flexibility index (Phi) is 6.07. The van der Waals surface area contributed by atoms with E-state index in [-0.39, 0.29) is 6.42 Å². The SMILES string of the molecule is COc1cc(CNC2CCCC2)ccc1N(C)CCC(=O)O. The molecule has 0 amide bonds. The monoisotopic (exact) mass is 306 g/mol. The summed E-state index contributed by atoms with van der Waals surface area (Å²) in [7, 11) is 3.54. The van der Waals surface area contributed by atoms with Crippen LogP contribution in [0.4, 0.5) is 5.69 Å². The minimum Gasteiger partial charge on any atom is -0.495 e. The van der Waals surface area contributed by atoms with E-state index in [2.05, 4.69) is 11.4 Å². The van der Waals surface area contributed by atoms with Gasteiger partial charge < -0.3 is 20.1 Å². The van der Waals surface area contributed by atoms with Crippen LogP contribution in [0.25, 0.3) is 0 Å². The van der Waals surface area contributed by atoms with Gasteiger partial charge in [0.05, 0.1) is 19.2 Å². The van der Waals surface area contributed by atoms with Crippen molar-refractivity contribution in [2.24, 2.45) is 0 Å². The first-order valence-corrected chi connectivity index (χ1v) is 7.93. The maximum Gasteiger partial charge on any atom is 0.305 e. The number of aliphatic carboxylic acids is 1. The van der Waals surface area contributed by atoms with Crippen LogP contribution in [0.5, 0.6) is 5.75 Å². The molecule has 0 aromatic heterocycles. The average Bonchev–Trinajstić information content (AvgIpc) is 3.03. The number of anilines is 1. The van der Waals surface area contributed by atoms with Crippen LogP contribution in [0.2, 0.25) is 0 Å². The van der Waals surface area contributed by atoms with Crippen LogP contribution < -0.4 is 15.0 Å². The van der Waals surface area contributed by atoms with Gasteiger partial charge in [-0.05, 0) is 30.5 Å². The van der Waals surface area contributed by atoms with Gasteiger partial charge in [0.1, 0.15) is 5.75 Å². The molecule has 0 unspecified atom stereocenters. The molecular formula is C17H26N2O3. The zero-order valence-electron chi connectivity index (χ0n) is 13.5. The summed E-state index contributed by atoms with van der Waals surface area (Å²) in [5.41, 5.74) is 2.12. The van der Waals surface area contributed by atoms with Crippen molar-refractivity contribution in [1.29, 1.82) is 0 Å². The van der Waals surface area contributed by atoms with Crippen molar-refractivity contribution in [2.45, 2.75) is 44.7 Å². The summed E-state index contributed by atoms with van der Waals surface area (Å²) >= 11 is 0. The molecule has 1 fully saturated rings. The predicted molar refractivity (Wildman–Crippen MR) is 87.6 cm³/mol. The molecule has 1 saturated carbocycles. The fraction of sp³-hybridized carbons (Fsp3) is 0.588. The second-order valence-electron chi connectivity index (χ2n) is 5.93. The van der Waals surface area contributed by atoms with E-state index in [1.54, 1.807) is 7.11 Å². The Morgan fingerprint density at radius 2 is 2.14 bits per heavy atom. The highest BCUT2D eigenvalue weighted by Crippen LogP contribution is 2.29. The molecule has 5 nitrogen and oxygen atoms in total.